The molecular formula is C20H21FN2O3. The first-order valence-electron chi connectivity index (χ1n) is 8.70. The third-order valence-corrected chi connectivity index (χ3v) is 4.64. The maximum Gasteiger partial charge on any atom is 0.305 e. The zero-order chi connectivity index (χ0) is 18.8. The lowest BCUT2D eigenvalue weighted by Crippen LogP contribution is -2.32. The molecule has 1 fully saturated rings. The number of hydrogen-bond acceptors (Lipinski definition) is 3. The highest BCUT2D eigenvalue weighted by atomic mass is 19.1. The molecular weight excluding hydrogens is 335 g/mol. The van der Waals surface area contributed by atoms with Gasteiger partial charge in [0.2, 0.25) is 5.82 Å². The third-order valence-electron chi connectivity index (χ3n) is 4.64. The van der Waals surface area contributed by atoms with E-state index in [0.29, 0.717) is 12.5 Å². The molecule has 0 unspecified atom stereocenters. The van der Waals surface area contributed by atoms with Gasteiger partial charge in [-0.05, 0) is 42.0 Å². The highest BCUT2D eigenvalue weighted by molar-refractivity contribution is 5.95. The lowest BCUT2D eigenvalue weighted by Gasteiger charge is -2.23. The van der Waals surface area contributed by atoms with Crippen LogP contribution in [0, 0.1) is 15.9 Å². The summed E-state index contributed by atoms with van der Waals surface area (Å²) in [6.07, 6.45) is 1.83. The molecule has 6 heteroatoms. The summed E-state index contributed by atoms with van der Waals surface area (Å²) in [4.78, 5) is 24.7. The SMILES string of the molecule is CC(C)c1ccc(CN(C(=O)c2ccc(F)c([N+](=O)[O-])c2)C2CC2)cc1. The van der Waals surface area contributed by atoms with Crippen LogP contribution in [0.4, 0.5) is 10.1 Å². The van der Waals surface area contributed by atoms with E-state index in [-0.39, 0.29) is 17.5 Å². The molecule has 0 heterocycles. The summed E-state index contributed by atoms with van der Waals surface area (Å²) in [6, 6.07) is 11.6. The topological polar surface area (TPSA) is 63.5 Å². The molecule has 136 valence electrons. The van der Waals surface area contributed by atoms with Crippen LogP contribution < -0.4 is 0 Å². The van der Waals surface area contributed by atoms with Crippen molar-refractivity contribution in [2.45, 2.75) is 45.2 Å². The van der Waals surface area contributed by atoms with Crippen molar-refractivity contribution in [3.05, 3.63) is 75.1 Å². The molecule has 3 rings (SSSR count). The van der Waals surface area contributed by atoms with Crippen molar-refractivity contribution in [2.24, 2.45) is 0 Å². The second kappa shape index (κ2) is 7.23. The average Bonchev–Trinajstić information content (AvgIpc) is 3.44. The highest BCUT2D eigenvalue weighted by Gasteiger charge is 2.33. The number of carbonyl (C=O) groups excluding carboxylic acids is 1. The number of rotatable bonds is 6. The van der Waals surface area contributed by atoms with E-state index in [0.717, 1.165) is 30.5 Å². The predicted molar refractivity (Wildman–Crippen MR) is 96.5 cm³/mol. The van der Waals surface area contributed by atoms with Crippen molar-refractivity contribution < 1.29 is 14.1 Å². The highest BCUT2D eigenvalue weighted by Crippen LogP contribution is 2.31. The monoisotopic (exact) mass is 356 g/mol. The molecule has 0 bridgehead atoms. The van der Waals surface area contributed by atoms with Crippen LogP contribution in [0.15, 0.2) is 42.5 Å². The van der Waals surface area contributed by atoms with E-state index in [9.17, 15) is 19.3 Å². The summed E-state index contributed by atoms with van der Waals surface area (Å²) >= 11 is 0. The minimum Gasteiger partial charge on any atom is -0.331 e. The number of nitro groups is 1. The lowest BCUT2D eigenvalue weighted by molar-refractivity contribution is -0.387. The fraction of sp³-hybridized carbons (Fsp3) is 0.350. The summed E-state index contributed by atoms with van der Waals surface area (Å²) in [5, 5.41) is 10.9. The van der Waals surface area contributed by atoms with Crippen LogP contribution in [-0.4, -0.2) is 21.8 Å². The number of carbonyl (C=O) groups is 1. The maximum absolute atomic E-state index is 13.5. The van der Waals surface area contributed by atoms with E-state index in [1.54, 1.807) is 4.90 Å². The Hall–Kier alpha value is -2.76. The lowest BCUT2D eigenvalue weighted by atomic mass is 10.0. The van der Waals surface area contributed by atoms with Gasteiger partial charge in [-0.3, -0.25) is 14.9 Å². The van der Waals surface area contributed by atoms with Gasteiger partial charge < -0.3 is 4.90 Å². The van der Waals surface area contributed by atoms with Gasteiger partial charge in [0.25, 0.3) is 5.91 Å². The van der Waals surface area contributed by atoms with Crippen LogP contribution in [0.1, 0.15) is 54.1 Å². The van der Waals surface area contributed by atoms with Gasteiger partial charge in [0.05, 0.1) is 4.92 Å². The molecule has 1 amide bonds. The molecule has 5 nitrogen and oxygen atoms in total. The molecule has 0 radical (unpaired) electrons. The number of benzene rings is 2. The summed E-state index contributed by atoms with van der Waals surface area (Å²) in [6.45, 7) is 4.68. The Morgan fingerprint density at radius 3 is 2.42 bits per heavy atom. The van der Waals surface area contributed by atoms with Crippen molar-refractivity contribution in [1.29, 1.82) is 0 Å². The van der Waals surface area contributed by atoms with Crippen molar-refractivity contribution in [2.75, 3.05) is 0 Å². The molecule has 0 saturated heterocycles. The Bertz CT molecular complexity index is 829. The zero-order valence-electron chi connectivity index (χ0n) is 14.8. The van der Waals surface area contributed by atoms with Crippen molar-refractivity contribution in [1.82, 2.24) is 4.90 Å². The molecule has 1 aliphatic rings. The standard InChI is InChI=1S/C20H21FN2O3/c1-13(2)15-5-3-14(4-6-15)12-22(17-8-9-17)20(24)16-7-10-18(21)19(11-16)23(25)26/h3-7,10-11,13,17H,8-9,12H2,1-2H3. The summed E-state index contributed by atoms with van der Waals surface area (Å²) < 4.78 is 13.5. The molecule has 0 N–H and O–H groups in total. The number of nitrogens with zero attached hydrogens (tertiary/aromatic N) is 2. The quantitative estimate of drug-likeness (QED) is 0.558. The summed E-state index contributed by atoms with van der Waals surface area (Å²) in [5.74, 6) is -0.803. The van der Waals surface area contributed by atoms with Gasteiger partial charge in [-0.1, -0.05) is 38.1 Å². The average molecular weight is 356 g/mol. The molecule has 2 aromatic rings. The minimum atomic E-state index is -0.936. The Balaban J connectivity index is 1.83. The predicted octanol–water partition coefficient (Wildman–Crippen LogP) is 4.66. The fourth-order valence-corrected chi connectivity index (χ4v) is 2.91. The summed E-state index contributed by atoms with van der Waals surface area (Å²) in [5.41, 5.74) is 1.70. The number of hydrogen-bond donors (Lipinski definition) is 0. The molecule has 26 heavy (non-hydrogen) atoms. The first-order valence-corrected chi connectivity index (χ1v) is 8.70. The second-order valence-corrected chi connectivity index (χ2v) is 6.98. The largest absolute Gasteiger partial charge is 0.331 e. The second-order valence-electron chi connectivity index (χ2n) is 6.98. The Morgan fingerprint density at radius 2 is 1.88 bits per heavy atom. The van der Waals surface area contributed by atoms with E-state index in [1.807, 2.05) is 12.1 Å². The van der Waals surface area contributed by atoms with Crippen molar-refractivity contribution in [3.63, 3.8) is 0 Å². The van der Waals surface area contributed by atoms with Gasteiger partial charge in [-0.25, -0.2) is 0 Å². The van der Waals surface area contributed by atoms with Crippen LogP contribution in [0.5, 0.6) is 0 Å². The van der Waals surface area contributed by atoms with Crippen molar-refractivity contribution in [3.8, 4) is 0 Å². The van der Waals surface area contributed by atoms with Gasteiger partial charge in [0.15, 0.2) is 0 Å². The third kappa shape index (κ3) is 3.90. The number of amides is 1. The van der Waals surface area contributed by atoms with Gasteiger partial charge in [0.1, 0.15) is 0 Å². The van der Waals surface area contributed by atoms with Crippen LogP contribution in [0.25, 0.3) is 0 Å². The van der Waals surface area contributed by atoms with Crippen LogP contribution >= 0.6 is 0 Å². The first-order chi connectivity index (χ1) is 12.4. The fourth-order valence-electron chi connectivity index (χ4n) is 2.91. The number of nitro benzene ring substituents is 1. The molecule has 0 spiro atoms. The first kappa shape index (κ1) is 18.0. The van der Waals surface area contributed by atoms with E-state index < -0.39 is 16.4 Å². The molecule has 1 saturated carbocycles. The molecule has 0 atom stereocenters. The Morgan fingerprint density at radius 1 is 1.23 bits per heavy atom. The van der Waals surface area contributed by atoms with E-state index in [1.165, 1.54) is 11.6 Å². The Labute approximate surface area is 151 Å². The van der Waals surface area contributed by atoms with Gasteiger partial charge in [0, 0.05) is 24.2 Å². The van der Waals surface area contributed by atoms with Crippen molar-refractivity contribution >= 4 is 11.6 Å². The normalized spacial score (nSPS) is 13.7. The van der Waals surface area contributed by atoms with Gasteiger partial charge in [-0.15, -0.1) is 0 Å². The Kier molecular flexibility index (Phi) is 5.02. The van der Waals surface area contributed by atoms with Crippen LogP contribution in [-0.2, 0) is 6.54 Å². The molecule has 0 aromatic heterocycles. The van der Waals surface area contributed by atoms with E-state index >= 15 is 0 Å². The zero-order valence-corrected chi connectivity index (χ0v) is 14.8. The van der Waals surface area contributed by atoms with Gasteiger partial charge >= 0.3 is 5.69 Å². The van der Waals surface area contributed by atoms with Gasteiger partial charge in [-0.2, -0.15) is 4.39 Å². The van der Waals surface area contributed by atoms with Crippen LogP contribution in [0.3, 0.4) is 0 Å². The van der Waals surface area contributed by atoms with Crippen LogP contribution in [0.2, 0.25) is 0 Å². The summed E-state index contributed by atoms with van der Waals surface area (Å²) in [7, 11) is 0. The molecule has 1 aliphatic carbocycles. The number of halogens is 1. The smallest absolute Gasteiger partial charge is 0.305 e. The molecule has 0 aliphatic heterocycles. The minimum absolute atomic E-state index is 0.136. The molecule has 2 aromatic carbocycles. The maximum atomic E-state index is 13.5. The van der Waals surface area contributed by atoms with E-state index in [2.05, 4.69) is 26.0 Å². The van der Waals surface area contributed by atoms with E-state index in [4.69, 9.17) is 0 Å².